The summed E-state index contributed by atoms with van der Waals surface area (Å²) >= 11 is 0. The van der Waals surface area contributed by atoms with Crippen molar-refractivity contribution in [3.63, 3.8) is 0 Å². The SMILES string of the molecule is NCc1cnc(N)c(N)c1OC(F)(F)F. The Labute approximate surface area is 83.0 Å². The standard InChI is InChI=1S/C7H9F3N4O/c8-7(9,10)15-5-3(1-11)2-14-6(13)4(5)12/h2H,1,11-12H2,(H2,13,14). The maximum Gasteiger partial charge on any atom is 0.573 e. The number of anilines is 2. The lowest BCUT2D eigenvalue weighted by Gasteiger charge is -2.14. The molecule has 5 nitrogen and oxygen atoms in total. The third-order valence-corrected chi connectivity index (χ3v) is 1.61. The Morgan fingerprint density at radius 2 is 1.93 bits per heavy atom. The van der Waals surface area contributed by atoms with Crippen molar-refractivity contribution in [3.05, 3.63) is 11.8 Å². The predicted octanol–water partition coefficient (Wildman–Crippen LogP) is 0.603. The van der Waals surface area contributed by atoms with Gasteiger partial charge in [-0.05, 0) is 0 Å². The van der Waals surface area contributed by atoms with Gasteiger partial charge in [-0.3, -0.25) is 0 Å². The first-order valence-corrected chi connectivity index (χ1v) is 3.83. The number of rotatable bonds is 2. The van der Waals surface area contributed by atoms with Gasteiger partial charge in [-0.2, -0.15) is 0 Å². The van der Waals surface area contributed by atoms with Gasteiger partial charge in [0.25, 0.3) is 0 Å². The quantitative estimate of drug-likeness (QED) is 0.680. The highest BCUT2D eigenvalue weighted by Gasteiger charge is 2.33. The molecule has 0 aromatic carbocycles. The lowest BCUT2D eigenvalue weighted by molar-refractivity contribution is -0.274. The van der Waals surface area contributed by atoms with E-state index < -0.39 is 12.1 Å². The molecule has 1 heterocycles. The smallest absolute Gasteiger partial charge is 0.403 e. The van der Waals surface area contributed by atoms with Crippen LogP contribution in [0.1, 0.15) is 5.56 Å². The summed E-state index contributed by atoms with van der Waals surface area (Å²) in [5, 5.41) is 0. The molecule has 0 aliphatic heterocycles. The van der Waals surface area contributed by atoms with E-state index in [1.807, 2.05) is 0 Å². The fourth-order valence-corrected chi connectivity index (χ4v) is 0.947. The van der Waals surface area contributed by atoms with Gasteiger partial charge in [0.2, 0.25) is 0 Å². The summed E-state index contributed by atoms with van der Waals surface area (Å²) in [5.74, 6) is -0.816. The topological polar surface area (TPSA) is 100 Å². The summed E-state index contributed by atoms with van der Waals surface area (Å²) in [6.45, 7) is -0.178. The average molecular weight is 222 g/mol. The number of halogens is 3. The highest BCUT2D eigenvalue weighted by molar-refractivity contribution is 5.69. The number of aromatic nitrogens is 1. The van der Waals surface area contributed by atoms with Crippen LogP contribution in [0.5, 0.6) is 5.75 Å². The van der Waals surface area contributed by atoms with E-state index in [2.05, 4.69) is 9.72 Å². The Morgan fingerprint density at radius 3 is 2.40 bits per heavy atom. The van der Waals surface area contributed by atoms with E-state index in [9.17, 15) is 13.2 Å². The van der Waals surface area contributed by atoms with Crippen molar-refractivity contribution in [2.45, 2.75) is 12.9 Å². The van der Waals surface area contributed by atoms with Crippen LogP contribution < -0.4 is 21.9 Å². The average Bonchev–Trinajstić information content (AvgIpc) is 2.11. The largest absolute Gasteiger partial charge is 0.573 e. The highest BCUT2D eigenvalue weighted by Crippen LogP contribution is 2.34. The fraction of sp³-hybridized carbons (Fsp3) is 0.286. The number of hydrogen-bond acceptors (Lipinski definition) is 5. The summed E-state index contributed by atoms with van der Waals surface area (Å²) in [6, 6.07) is 0. The molecule has 1 aromatic heterocycles. The molecule has 0 fully saturated rings. The van der Waals surface area contributed by atoms with Gasteiger partial charge in [-0.25, -0.2) is 4.98 Å². The summed E-state index contributed by atoms with van der Waals surface area (Å²) in [5.41, 5.74) is 15.4. The zero-order valence-electron chi connectivity index (χ0n) is 7.51. The van der Waals surface area contributed by atoms with Crippen molar-refractivity contribution >= 4 is 11.5 Å². The molecule has 0 radical (unpaired) electrons. The third kappa shape index (κ3) is 2.62. The van der Waals surface area contributed by atoms with Crippen LogP contribution in [0.15, 0.2) is 6.20 Å². The van der Waals surface area contributed by atoms with E-state index in [1.54, 1.807) is 0 Å². The van der Waals surface area contributed by atoms with Crippen LogP contribution in [-0.4, -0.2) is 11.3 Å². The molecule has 0 saturated heterocycles. The van der Waals surface area contributed by atoms with Gasteiger partial charge in [0, 0.05) is 18.3 Å². The van der Waals surface area contributed by atoms with Gasteiger partial charge < -0.3 is 21.9 Å². The number of nitrogens with zero attached hydrogens (tertiary/aromatic N) is 1. The van der Waals surface area contributed by atoms with Crippen molar-refractivity contribution in [2.24, 2.45) is 5.73 Å². The first-order valence-electron chi connectivity index (χ1n) is 3.83. The fourth-order valence-electron chi connectivity index (χ4n) is 0.947. The minimum Gasteiger partial charge on any atom is -0.403 e. The number of alkyl halides is 3. The second kappa shape index (κ2) is 3.81. The lowest BCUT2D eigenvalue weighted by atomic mass is 10.2. The van der Waals surface area contributed by atoms with Crippen molar-refractivity contribution in [1.29, 1.82) is 0 Å². The summed E-state index contributed by atoms with van der Waals surface area (Å²) in [4.78, 5) is 3.57. The number of hydrogen-bond donors (Lipinski definition) is 3. The Balaban J connectivity index is 3.18. The molecule has 8 heteroatoms. The molecular formula is C7H9F3N4O. The van der Waals surface area contributed by atoms with E-state index in [0.29, 0.717) is 0 Å². The molecule has 0 unspecified atom stereocenters. The molecule has 0 spiro atoms. The Bertz CT molecular complexity index is 366. The predicted molar refractivity (Wildman–Crippen MR) is 47.6 cm³/mol. The Hall–Kier alpha value is -1.70. The Morgan fingerprint density at radius 1 is 1.33 bits per heavy atom. The molecule has 84 valence electrons. The maximum absolute atomic E-state index is 12.0. The molecular weight excluding hydrogens is 213 g/mol. The van der Waals surface area contributed by atoms with Crippen LogP contribution in [0.4, 0.5) is 24.7 Å². The van der Waals surface area contributed by atoms with Crippen LogP contribution in [0.3, 0.4) is 0 Å². The summed E-state index contributed by atoms with van der Waals surface area (Å²) in [7, 11) is 0. The van der Waals surface area contributed by atoms with Crippen molar-refractivity contribution in [2.75, 3.05) is 11.5 Å². The highest BCUT2D eigenvalue weighted by atomic mass is 19.4. The van der Waals surface area contributed by atoms with Crippen LogP contribution in [0.25, 0.3) is 0 Å². The number of ether oxygens (including phenoxy) is 1. The zero-order valence-corrected chi connectivity index (χ0v) is 7.51. The zero-order chi connectivity index (χ0) is 11.6. The van der Waals surface area contributed by atoms with Gasteiger partial charge in [0.05, 0.1) is 0 Å². The van der Waals surface area contributed by atoms with Gasteiger partial charge >= 0.3 is 6.36 Å². The molecule has 15 heavy (non-hydrogen) atoms. The van der Waals surface area contributed by atoms with Gasteiger partial charge in [0.15, 0.2) is 5.75 Å². The second-order valence-electron chi connectivity index (χ2n) is 2.66. The van der Waals surface area contributed by atoms with E-state index in [-0.39, 0.29) is 23.6 Å². The lowest BCUT2D eigenvalue weighted by Crippen LogP contribution is -2.20. The number of nitrogens with two attached hydrogens (primary N) is 3. The molecule has 1 aromatic rings. The van der Waals surface area contributed by atoms with E-state index in [4.69, 9.17) is 17.2 Å². The van der Waals surface area contributed by atoms with Crippen LogP contribution >= 0.6 is 0 Å². The first-order chi connectivity index (χ1) is 6.85. The van der Waals surface area contributed by atoms with E-state index in [0.717, 1.165) is 6.20 Å². The molecule has 0 aliphatic rings. The van der Waals surface area contributed by atoms with Crippen LogP contribution in [0, 0.1) is 0 Å². The van der Waals surface area contributed by atoms with Crippen molar-refractivity contribution < 1.29 is 17.9 Å². The van der Waals surface area contributed by atoms with Crippen LogP contribution in [0.2, 0.25) is 0 Å². The molecule has 0 atom stereocenters. The number of pyridine rings is 1. The number of nitrogen functional groups attached to an aromatic ring is 2. The molecule has 0 bridgehead atoms. The third-order valence-electron chi connectivity index (χ3n) is 1.61. The van der Waals surface area contributed by atoms with E-state index >= 15 is 0 Å². The summed E-state index contributed by atoms with van der Waals surface area (Å²) in [6.07, 6.45) is -3.75. The minimum absolute atomic E-state index is 0.0408. The van der Waals surface area contributed by atoms with E-state index in [1.165, 1.54) is 0 Å². The molecule has 0 aliphatic carbocycles. The minimum atomic E-state index is -4.84. The van der Waals surface area contributed by atoms with Gasteiger partial charge in [-0.1, -0.05) is 0 Å². The molecule has 6 N–H and O–H groups in total. The molecule has 0 amide bonds. The van der Waals surface area contributed by atoms with Gasteiger partial charge in [-0.15, -0.1) is 13.2 Å². The van der Waals surface area contributed by atoms with Crippen LogP contribution in [-0.2, 0) is 6.54 Å². The molecule has 1 rings (SSSR count). The molecule has 0 saturated carbocycles. The normalized spacial score (nSPS) is 11.5. The van der Waals surface area contributed by atoms with Crippen molar-refractivity contribution in [3.8, 4) is 5.75 Å². The first kappa shape index (κ1) is 11.4. The summed E-state index contributed by atoms with van der Waals surface area (Å²) < 4.78 is 39.7. The second-order valence-corrected chi connectivity index (χ2v) is 2.66. The van der Waals surface area contributed by atoms with Crippen molar-refractivity contribution in [1.82, 2.24) is 4.98 Å². The monoisotopic (exact) mass is 222 g/mol. The Kier molecular flexibility index (Phi) is 2.89. The maximum atomic E-state index is 12.0. The van der Waals surface area contributed by atoms with Gasteiger partial charge in [0.1, 0.15) is 11.5 Å².